The van der Waals surface area contributed by atoms with Gasteiger partial charge in [0, 0.05) is 18.7 Å². The maximum atomic E-state index is 12.1. The van der Waals surface area contributed by atoms with Crippen molar-refractivity contribution in [3.63, 3.8) is 0 Å². The fourth-order valence-electron chi connectivity index (χ4n) is 2.48. The van der Waals surface area contributed by atoms with Gasteiger partial charge in [0.25, 0.3) is 5.91 Å². The van der Waals surface area contributed by atoms with Crippen molar-refractivity contribution in [2.75, 3.05) is 13.1 Å². The van der Waals surface area contributed by atoms with Crippen molar-refractivity contribution in [2.45, 2.75) is 6.42 Å². The van der Waals surface area contributed by atoms with Gasteiger partial charge in [0.2, 0.25) is 0 Å². The van der Waals surface area contributed by atoms with Crippen LogP contribution < -0.4 is 5.43 Å². The molecule has 1 amide bonds. The molecule has 1 aliphatic rings. The molecule has 2 aromatic carbocycles. The number of carbonyl (C=O) groups is 1. The molecule has 0 aliphatic carbocycles. The topological polar surface area (TPSA) is 32.3 Å². The van der Waals surface area contributed by atoms with E-state index < -0.39 is 0 Å². The summed E-state index contributed by atoms with van der Waals surface area (Å²) in [6.45, 7) is 1.57. The average molecular weight is 278 g/mol. The van der Waals surface area contributed by atoms with Gasteiger partial charge >= 0.3 is 0 Å². The number of nitrogens with zero attached hydrogens (tertiary/aromatic N) is 1. The summed E-state index contributed by atoms with van der Waals surface area (Å²) in [6, 6.07) is 19.7. The van der Waals surface area contributed by atoms with Crippen LogP contribution in [0.4, 0.5) is 0 Å². The second-order valence-corrected chi connectivity index (χ2v) is 5.10. The monoisotopic (exact) mass is 278 g/mol. The van der Waals surface area contributed by atoms with Crippen LogP contribution >= 0.6 is 0 Å². The second kappa shape index (κ2) is 6.37. The van der Waals surface area contributed by atoms with Crippen LogP contribution in [-0.2, 0) is 0 Å². The summed E-state index contributed by atoms with van der Waals surface area (Å²) in [7, 11) is 0. The molecule has 1 aliphatic heterocycles. The minimum atomic E-state index is -0.0489. The first kappa shape index (κ1) is 13.6. The smallest absolute Gasteiger partial charge is 0.265 e. The van der Waals surface area contributed by atoms with Gasteiger partial charge in [-0.3, -0.25) is 10.2 Å². The van der Waals surface area contributed by atoms with E-state index in [0.29, 0.717) is 5.56 Å². The van der Waals surface area contributed by atoms with Crippen molar-refractivity contribution in [2.24, 2.45) is 0 Å². The number of rotatable bonds is 3. The van der Waals surface area contributed by atoms with E-state index in [2.05, 4.69) is 35.8 Å². The number of nitrogens with one attached hydrogen (secondary N) is 1. The first-order chi connectivity index (χ1) is 10.3. The van der Waals surface area contributed by atoms with Crippen molar-refractivity contribution in [1.82, 2.24) is 10.4 Å². The molecule has 0 aromatic heterocycles. The van der Waals surface area contributed by atoms with E-state index in [0.717, 1.165) is 19.5 Å². The summed E-state index contributed by atoms with van der Waals surface area (Å²) >= 11 is 0. The van der Waals surface area contributed by atoms with Crippen LogP contribution in [0.1, 0.15) is 22.3 Å². The lowest BCUT2D eigenvalue weighted by molar-refractivity contribution is 0.0806. The van der Waals surface area contributed by atoms with Crippen molar-refractivity contribution in [3.8, 4) is 0 Å². The molecule has 0 spiro atoms. The predicted octanol–water partition coefficient (Wildman–Crippen LogP) is 3.12. The third kappa shape index (κ3) is 3.38. The highest BCUT2D eigenvalue weighted by Gasteiger charge is 2.15. The molecule has 0 saturated carbocycles. The first-order valence-electron chi connectivity index (χ1n) is 7.18. The van der Waals surface area contributed by atoms with Gasteiger partial charge in [-0.15, -0.1) is 0 Å². The summed E-state index contributed by atoms with van der Waals surface area (Å²) in [5.74, 6) is -0.0489. The van der Waals surface area contributed by atoms with E-state index in [9.17, 15) is 4.79 Å². The third-order valence-electron chi connectivity index (χ3n) is 3.65. The van der Waals surface area contributed by atoms with Gasteiger partial charge < -0.3 is 0 Å². The minimum Gasteiger partial charge on any atom is -0.284 e. The van der Waals surface area contributed by atoms with Gasteiger partial charge in [-0.2, -0.15) is 0 Å². The molecule has 21 heavy (non-hydrogen) atoms. The Bertz CT molecular complexity index is 635. The van der Waals surface area contributed by atoms with E-state index >= 15 is 0 Å². The zero-order valence-electron chi connectivity index (χ0n) is 11.8. The highest BCUT2D eigenvalue weighted by atomic mass is 16.2. The number of carbonyl (C=O) groups excluding carboxylic acids is 1. The molecule has 0 atom stereocenters. The highest BCUT2D eigenvalue weighted by molar-refractivity contribution is 5.93. The Morgan fingerprint density at radius 2 is 1.62 bits per heavy atom. The lowest BCUT2D eigenvalue weighted by atomic mass is 10.0. The van der Waals surface area contributed by atoms with Gasteiger partial charge in [-0.1, -0.05) is 54.6 Å². The second-order valence-electron chi connectivity index (χ2n) is 5.10. The molecule has 0 fully saturated rings. The van der Waals surface area contributed by atoms with Gasteiger partial charge in [0.05, 0.1) is 0 Å². The zero-order chi connectivity index (χ0) is 14.5. The Kier molecular flexibility index (Phi) is 4.12. The first-order valence-corrected chi connectivity index (χ1v) is 7.18. The van der Waals surface area contributed by atoms with Crippen molar-refractivity contribution in [1.29, 1.82) is 0 Å². The molecule has 106 valence electrons. The number of amides is 1. The fourth-order valence-corrected chi connectivity index (χ4v) is 2.48. The molecular formula is C18H18N2O. The molecule has 1 heterocycles. The quantitative estimate of drug-likeness (QED) is 0.935. The molecule has 0 saturated heterocycles. The van der Waals surface area contributed by atoms with Crippen molar-refractivity contribution in [3.05, 3.63) is 77.9 Å². The van der Waals surface area contributed by atoms with E-state index in [1.165, 1.54) is 11.1 Å². The maximum Gasteiger partial charge on any atom is 0.265 e. The summed E-state index contributed by atoms with van der Waals surface area (Å²) in [5.41, 5.74) is 6.27. The Labute approximate surface area is 124 Å². The van der Waals surface area contributed by atoms with Crippen LogP contribution in [0.5, 0.6) is 0 Å². The number of hydrogen-bond acceptors (Lipinski definition) is 2. The summed E-state index contributed by atoms with van der Waals surface area (Å²) in [5, 5.41) is 1.96. The Balaban J connectivity index is 1.61. The maximum absolute atomic E-state index is 12.1. The van der Waals surface area contributed by atoms with Gasteiger partial charge in [0.15, 0.2) is 0 Å². The Hall–Kier alpha value is -2.39. The van der Waals surface area contributed by atoms with Crippen LogP contribution in [0.15, 0.2) is 66.7 Å². The van der Waals surface area contributed by atoms with E-state index in [4.69, 9.17) is 0 Å². The molecule has 3 nitrogen and oxygen atoms in total. The summed E-state index contributed by atoms with van der Waals surface area (Å²) in [4.78, 5) is 12.1. The fraction of sp³-hybridized carbons (Fsp3) is 0.167. The lowest BCUT2D eigenvalue weighted by Gasteiger charge is -2.26. The zero-order valence-corrected chi connectivity index (χ0v) is 11.8. The highest BCUT2D eigenvalue weighted by Crippen LogP contribution is 2.21. The standard InChI is InChI=1S/C18H18N2O/c21-18(17-9-5-2-6-10-17)19-20-13-11-16(12-14-20)15-7-3-1-4-8-15/h1-11H,12-14H2,(H,19,21). The molecule has 2 aromatic rings. The Morgan fingerprint density at radius 3 is 2.24 bits per heavy atom. The van der Waals surface area contributed by atoms with E-state index in [1.807, 2.05) is 41.4 Å². The number of benzene rings is 2. The molecule has 3 rings (SSSR count). The van der Waals surface area contributed by atoms with Crippen molar-refractivity contribution >= 4 is 11.5 Å². The van der Waals surface area contributed by atoms with Gasteiger partial charge in [0.1, 0.15) is 0 Å². The molecule has 0 unspecified atom stereocenters. The predicted molar refractivity (Wildman–Crippen MR) is 84.5 cm³/mol. The Morgan fingerprint density at radius 1 is 0.952 bits per heavy atom. The largest absolute Gasteiger partial charge is 0.284 e. The molecule has 3 heteroatoms. The SMILES string of the molecule is O=C(NN1CC=C(c2ccccc2)CC1)c1ccccc1. The molecule has 0 radical (unpaired) electrons. The normalized spacial score (nSPS) is 15.3. The molecule has 1 N–H and O–H groups in total. The molecule has 0 bridgehead atoms. The van der Waals surface area contributed by atoms with Crippen molar-refractivity contribution < 1.29 is 4.79 Å². The lowest BCUT2D eigenvalue weighted by Crippen LogP contribution is -2.44. The van der Waals surface area contributed by atoms with Crippen LogP contribution in [0.3, 0.4) is 0 Å². The van der Waals surface area contributed by atoms with E-state index in [1.54, 1.807) is 0 Å². The van der Waals surface area contributed by atoms with Gasteiger partial charge in [-0.05, 0) is 29.7 Å². The van der Waals surface area contributed by atoms with Crippen LogP contribution in [0.2, 0.25) is 0 Å². The minimum absolute atomic E-state index is 0.0489. The molecular weight excluding hydrogens is 260 g/mol. The average Bonchev–Trinajstić information content (AvgIpc) is 2.57. The van der Waals surface area contributed by atoms with Crippen LogP contribution in [0, 0.1) is 0 Å². The number of hydrazine groups is 1. The van der Waals surface area contributed by atoms with Gasteiger partial charge in [-0.25, -0.2) is 5.01 Å². The summed E-state index contributed by atoms with van der Waals surface area (Å²) < 4.78 is 0. The van der Waals surface area contributed by atoms with Crippen LogP contribution in [0.25, 0.3) is 5.57 Å². The van der Waals surface area contributed by atoms with Crippen LogP contribution in [-0.4, -0.2) is 24.0 Å². The third-order valence-corrected chi connectivity index (χ3v) is 3.65. The number of hydrogen-bond donors (Lipinski definition) is 1. The van der Waals surface area contributed by atoms with E-state index in [-0.39, 0.29) is 5.91 Å². The summed E-state index contributed by atoms with van der Waals surface area (Å²) in [6.07, 6.45) is 3.13.